The molecule has 1 aromatic rings. The van der Waals surface area contributed by atoms with Crippen LogP contribution in [-0.2, 0) is 9.53 Å². The number of aromatic nitrogens is 2. The Balaban J connectivity index is 1.97. The number of methoxy groups -OCH3 is 1. The molecule has 1 amide bonds. The number of nitrogens with one attached hydrogen (secondary N) is 1. The van der Waals surface area contributed by atoms with E-state index < -0.39 is 0 Å². The van der Waals surface area contributed by atoms with Crippen molar-refractivity contribution >= 4 is 17.7 Å². The SMILES string of the molecule is COC[C@@H](C)NC(=O)CSc1nc(C)c(C)n1C1CCCC1. The summed E-state index contributed by atoms with van der Waals surface area (Å²) in [5, 5.41) is 3.92. The average Bonchev–Trinajstić information content (AvgIpc) is 3.06. The molecule has 1 atom stereocenters. The third-order valence-corrected chi connectivity index (χ3v) is 5.15. The minimum absolute atomic E-state index is 0.0332. The van der Waals surface area contributed by atoms with Gasteiger partial charge in [-0.25, -0.2) is 4.98 Å². The minimum atomic E-state index is 0.0332. The van der Waals surface area contributed by atoms with Crippen molar-refractivity contribution in [3.63, 3.8) is 0 Å². The quantitative estimate of drug-likeness (QED) is 0.783. The Kier molecular flexibility index (Phi) is 6.32. The van der Waals surface area contributed by atoms with Gasteiger partial charge in [-0.05, 0) is 33.6 Å². The average molecular weight is 325 g/mol. The number of thioether (sulfide) groups is 1. The number of aryl methyl sites for hydroxylation is 1. The number of nitrogens with zero attached hydrogens (tertiary/aromatic N) is 2. The first-order valence-electron chi connectivity index (χ1n) is 7.99. The molecule has 0 radical (unpaired) electrons. The summed E-state index contributed by atoms with van der Waals surface area (Å²) in [5.41, 5.74) is 2.31. The summed E-state index contributed by atoms with van der Waals surface area (Å²) < 4.78 is 7.38. The summed E-state index contributed by atoms with van der Waals surface area (Å²) in [6, 6.07) is 0.593. The van der Waals surface area contributed by atoms with E-state index in [4.69, 9.17) is 4.74 Å². The summed E-state index contributed by atoms with van der Waals surface area (Å²) in [6.45, 7) is 6.65. The van der Waals surface area contributed by atoms with Crippen LogP contribution in [-0.4, -0.2) is 41.0 Å². The highest BCUT2D eigenvalue weighted by atomic mass is 32.2. The first-order valence-corrected chi connectivity index (χ1v) is 8.98. The maximum atomic E-state index is 12.0. The summed E-state index contributed by atoms with van der Waals surface area (Å²) >= 11 is 1.54. The molecule has 1 saturated carbocycles. The van der Waals surface area contributed by atoms with Crippen LogP contribution in [0.5, 0.6) is 0 Å². The predicted molar refractivity (Wildman–Crippen MR) is 89.4 cm³/mol. The van der Waals surface area contributed by atoms with Gasteiger partial charge in [0.25, 0.3) is 0 Å². The van der Waals surface area contributed by atoms with Gasteiger partial charge in [0.2, 0.25) is 5.91 Å². The van der Waals surface area contributed by atoms with E-state index in [-0.39, 0.29) is 11.9 Å². The molecule has 0 saturated heterocycles. The van der Waals surface area contributed by atoms with Crippen molar-refractivity contribution in [3.05, 3.63) is 11.4 Å². The lowest BCUT2D eigenvalue weighted by atomic mass is 10.2. The highest BCUT2D eigenvalue weighted by Crippen LogP contribution is 2.35. The molecule has 0 bridgehead atoms. The lowest BCUT2D eigenvalue weighted by Crippen LogP contribution is -2.36. The fourth-order valence-electron chi connectivity index (χ4n) is 3.03. The van der Waals surface area contributed by atoms with Gasteiger partial charge in [0.05, 0.1) is 18.1 Å². The van der Waals surface area contributed by atoms with Crippen LogP contribution in [0, 0.1) is 13.8 Å². The van der Waals surface area contributed by atoms with E-state index in [1.165, 1.54) is 43.1 Å². The number of amides is 1. The molecular formula is C16H27N3O2S. The van der Waals surface area contributed by atoms with Crippen LogP contribution in [0.4, 0.5) is 0 Å². The van der Waals surface area contributed by atoms with Crippen LogP contribution in [0.25, 0.3) is 0 Å². The van der Waals surface area contributed by atoms with Gasteiger partial charge in [-0.3, -0.25) is 4.79 Å². The number of carbonyl (C=O) groups is 1. The molecule has 0 aliphatic heterocycles. The zero-order valence-corrected chi connectivity index (χ0v) is 14.8. The van der Waals surface area contributed by atoms with Crippen LogP contribution in [0.3, 0.4) is 0 Å². The molecule has 0 aromatic carbocycles. The Morgan fingerprint density at radius 2 is 2.14 bits per heavy atom. The van der Waals surface area contributed by atoms with E-state index in [2.05, 4.69) is 21.8 Å². The topological polar surface area (TPSA) is 56.1 Å². The molecule has 1 aromatic heterocycles. The molecule has 1 heterocycles. The number of hydrogen-bond acceptors (Lipinski definition) is 4. The van der Waals surface area contributed by atoms with Gasteiger partial charge < -0.3 is 14.6 Å². The Hall–Kier alpha value is -1.01. The third-order valence-electron chi connectivity index (χ3n) is 4.20. The first kappa shape index (κ1) is 17.3. The summed E-state index contributed by atoms with van der Waals surface area (Å²) in [4.78, 5) is 16.7. The number of hydrogen-bond donors (Lipinski definition) is 1. The molecule has 0 spiro atoms. The Bertz CT molecular complexity index is 510. The molecule has 1 aliphatic carbocycles. The Labute approximate surface area is 137 Å². The largest absolute Gasteiger partial charge is 0.383 e. The second-order valence-electron chi connectivity index (χ2n) is 6.09. The van der Waals surface area contributed by atoms with Gasteiger partial charge in [0.15, 0.2) is 5.16 Å². The van der Waals surface area contributed by atoms with E-state index in [9.17, 15) is 4.79 Å². The van der Waals surface area contributed by atoms with E-state index in [0.29, 0.717) is 18.4 Å². The van der Waals surface area contributed by atoms with Crippen molar-refractivity contribution in [3.8, 4) is 0 Å². The highest BCUT2D eigenvalue weighted by molar-refractivity contribution is 7.99. The fraction of sp³-hybridized carbons (Fsp3) is 0.750. The summed E-state index contributed by atoms with van der Waals surface area (Å²) in [6.07, 6.45) is 5.03. The highest BCUT2D eigenvalue weighted by Gasteiger charge is 2.23. The lowest BCUT2D eigenvalue weighted by molar-refractivity contribution is -0.119. The van der Waals surface area contributed by atoms with Crippen LogP contribution in [0.2, 0.25) is 0 Å². The number of imidazole rings is 1. The van der Waals surface area contributed by atoms with E-state index in [1.54, 1.807) is 7.11 Å². The Morgan fingerprint density at radius 3 is 2.77 bits per heavy atom. The van der Waals surface area contributed by atoms with Crippen LogP contribution in [0.15, 0.2) is 5.16 Å². The van der Waals surface area contributed by atoms with E-state index in [1.807, 2.05) is 13.8 Å². The fourth-order valence-corrected chi connectivity index (χ4v) is 4.00. The van der Waals surface area contributed by atoms with Gasteiger partial charge in [0, 0.05) is 24.9 Å². The van der Waals surface area contributed by atoms with Crippen LogP contribution >= 0.6 is 11.8 Å². The van der Waals surface area contributed by atoms with Gasteiger partial charge in [-0.2, -0.15) is 0 Å². The second kappa shape index (κ2) is 8.02. The maximum absolute atomic E-state index is 12.0. The molecule has 0 unspecified atom stereocenters. The number of carbonyl (C=O) groups excluding carboxylic acids is 1. The molecule has 2 rings (SSSR count). The number of ether oxygens (including phenoxy) is 1. The van der Waals surface area contributed by atoms with Crippen molar-refractivity contribution in [2.75, 3.05) is 19.5 Å². The van der Waals surface area contributed by atoms with Gasteiger partial charge >= 0.3 is 0 Å². The molecule has 1 N–H and O–H groups in total. The normalized spacial score (nSPS) is 16.9. The van der Waals surface area contributed by atoms with Crippen LogP contribution < -0.4 is 5.32 Å². The zero-order chi connectivity index (χ0) is 16.1. The first-order chi connectivity index (χ1) is 10.5. The minimum Gasteiger partial charge on any atom is -0.383 e. The molecule has 5 nitrogen and oxygen atoms in total. The van der Waals surface area contributed by atoms with Crippen molar-refractivity contribution in [2.45, 2.75) is 63.7 Å². The lowest BCUT2D eigenvalue weighted by Gasteiger charge is -2.17. The van der Waals surface area contributed by atoms with Gasteiger partial charge in [-0.1, -0.05) is 24.6 Å². The molecule has 6 heteroatoms. The summed E-state index contributed by atoms with van der Waals surface area (Å²) in [7, 11) is 1.64. The predicted octanol–water partition coefficient (Wildman–Crippen LogP) is 2.86. The van der Waals surface area contributed by atoms with Gasteiger partial charge in [-0.15, -0.1) is 0 Å². The van der Waals surface area contributed by atoms with Crippen LogP contribution in [0.1, 0.15) is 50.0 Å². The molecule has 1 fully saturated rings. The third kappa shape index (κ3) is 4.26. The van der Waals surface area contributed by atoms with Crippen molar-refractivity contribution in [1.82, 2.24) is 14.9 Å². The number of rotatable bonds is 7. The van der Waals surface area contributed by atoms with E-state index >= 15 is 0 Å². The molecule has 1 aliphatic rings. The van der Waals surface area contributed by atoms with Crippen molar-refractivity contribution in [1.29, 1.82) is 0 Å². The van der Waals surface area contributed by atoms with Crippen molar-refractivity contribution < 1.29 is 9.53 Å². The maximum Gasteiger partial charge on any atom is 0.230 e. The smallest absolute Gasteiger partial charge is 0.230 e. The molecule has 22 heavy (non-hydrogen) atoms. The zero-order valence-electron chi connectivity index (χ0n) is 14.0. The van der Waals surface area contributed by atoms with Gasteiger partial charge in [0.1, 0.15) is 0 Å². The summed E-state index contributed by atoms with van der Waals surface area (Å²) in [5.74, 6) is 0.433. The molecular weight excluding hydrogens is 298 g/mol. The second-order valence-corrected chi connectivity index (χ2v) is 7.03. The Morgan fingerprint density at radius 1 is 1.45 bits per heavy atom. The standard InChI is InChI=1S/C16H27N3O2S/c1-11(9-21-4)17-15(20)10-22-16-18-12(2)13(3)19(16)14-7-5-6-8-14/h11,14H,5-10H2,1-4H3,(H,17,20)/t11-/m1/s1. The molecule has 124 valence electrons. The monoisotopic (exact) mass is 325 g/mol. The van der Waals surface area contributed by atoms with Crippen molar-refractivity contribution in [2.24, 2.45) is 0 Å². The van der Waals surface area contributed by atoms with E-state index in [0.717, 1.165) is 10.9 Å².